The molecule has 9 nitrogen and oxygen atoms in total. The second-order valence-corrected chi connectivity index (χ2v) is 18.3. The van der Waals surface area contributed by atoms with Gasteiger partial charge in [-0.1, -0.05) is 192 Å². The number of aliphatic hydroxyl groups is 2. The van der Waals surface area contributed by atoms with Gasteiger partial charge in [-0.3, -0.25) is 13.8 Å². The summed E-state index contributed by atoms with van der Waals surface area (Å²) in [4.78, 5) is 22.7. The van der Waals surface area contributed by atoms with Crippen LogP contribution in [0, 0.1) is 0 Å². The monoisotopic (exact) mass is 871 g/mol. The van der Waals surface area contributed by atoms with Crippen molar-refractivity contribution in [1.82, 2.24) is 0 Å². The third-order valence-electron chi connectivity index (χ3n) is 10.8. The molecule has 60 heavy (non-hydrogen) atoms. The van der Waals surface area contributed by atoms with Crippen molar-refractivity contribution in [3.05, 3.63) is 36.5 Å². The lowest BCUT2D eigenvalue weighted by Gasteiger charge is -2.20. The Labute approximate surface area is 369 Å². The van der Waals surface area contributed by atoms with Gasteiger partial charge in [0.1, 0.15) is 12.2 Å². The molecule has 0 saturated heterocycles. The van der Waals surface area contributed by atoms with Crippen LogP contribution in [0.3, 0.4) is 0 Å². The lowest BCUT2D eigenvalue weighted by molar-refractivity contribution is -0.154. The van der Waals surface area contributed by atoms with E-state index in [4.69, 9.17) is 23.6 Å². The average molecular weight is 871 g/mol. The zero-order chi connectivity index (χ0) is 43.9. The maximum absolute atomic E-state index is 12.7. The number of rotatable bonds is 48. The second kappa shape index (κ2) is 47.2. The quantitative estimate of drug-likeness (QED) is 0.0237. The summed E-state index contributed by atoms with van der Waals surface area (Å²) < 4.78 is 33.5. The number of phosphoric acid groups is 1. The zero-order valence-corrected chi connectivity index (χ0v) is 39.8. The van der Waals surface area contributed by atoms with Crippen molar-refractivity contribution >= 4 is 13.8 Å². The van der Waals surface area contributed by atoms with E-state index in [0.717, 1.165) is 57.8 Å². The summed E-state index contributed by atoms with van der Waals surface area (Å²) >= 11 is 0. The predicted octanol–water partition coefficient (Wildman–Crippen LogP) is 14.4. The largest absolute Gasteiger partial charge is 0.472 e. The lowest BCUT2D eigenvalue weighted by atomic mass is 10.1. The van der Waals surface area contributed by atoms with Crippen LogP contribution in [0.25, 0.3) is 0 Å². The van der Waals surface area contributed by atoms with Gasteiger partial charge in [0.15, 0.2) is 0 Å². The van der Waals surface area contributed by atoms with Crippen molar-refractivity contribution in [2.75, 3.05) is 33.0 Å². The van der Waals surface area contributed by atoms with E-state index in [0.29, 0.717) is 6.61 Å². The second-order valence-electron chi connectivity index (χ2n) is 16.8. The number of allylic oxidation sites excluding steroid dienone is 6. The predicted molar refractivity (Wildman–Crippen MR) is 251 cm³/mol. The van der Waals surface area contributed by atoms with Crippen LogP contribution in [-0.4, -0.2) is 66.3 Å². The fourth-order valence-electron chi connectivity index (χ4n) is 6.97. The third-order valence-corrected chi connectivity index (χ3v) is 11.7. The standard InChI is InChI=1S/C50H95O9P/c1-3-5-7-9-11-13-15-17-19-21-22-23-24-25-27-29-31-33-35-37-39-41-43-56-46-49(47-58-60(54,55)57-45-48(52)44-51)59-50(53)42-40-38-36-34-32-30-28-26-20-18-16-14-12-10-8-6-4-2/h15,17-18,20-22,48-49,51-52H,3-14,16,19,23-47H2,1-2H3,(H,54,55)/b17-15-,20-18-,22-21-. The number of unbranched alkanes of at least 4 members (excludes halogenated alkanes) is 28. The van der Waals surface area contributed by atoms with Crippen molar-refractivity contribution in [3.63, 3.8) is 0 Å². The van der Waals surface area contributed by atoms with Crippen molar-refractivity contribution < 1.29 is 43.0 Å². The van der Waals surface area contributed by atoms with Gasteiger partial charge in [0.05, 0.1) is 26.4 Å². The number of aliphatic hydroxyl groups excluding tert-OH is 2. The number of ether oxygens (including phenoxy) is 2. The van der Waals surface area contributed by atoms with Crippen LogP contribution in [0.1, 0.15) is 232 Å². The van der Waals surface area contributed by atoms with Crippen molar-refractivity contribution in [2.24, 2.45) is 0 Å². The molecular formula is C50H95O9P. The number of carbonyl (C=O) groups excluding carboxylic acids is 1. The van der Waals surface area contributed by atoms with Gasteiger partial charge in [0.2, 0.25) is 0 Å². The Hall–Kier alpha value is -1.32. The van der Waals surface area contributed by atoms with Crippen LogP contribution >= 0.6 is 7.82 Å². The van der Waals surface area contributed by atoms with Crippen LogP contribution in [0.15, 0.2) is 36.5 Å². The van der Waals surface area contributed by atoms with Crippen LogP contribution in [0.2, 0.25) is 0 Å². The van der Waals surface area contributed by atoms with Crippen LogP contribution < -0.4 is 0 Å². The first-order chi connectivity index (χ1) is 29.3. The highest BCUT2D eigenvalue weighted by Gasteiger charge is 2.26. The fourth-order valence-corrected chi connectivity index (χ4v) is 7.76. The van der Waals surface area contributed by atoms with Crippen LogP contribution in [0.4, 0.5) is 0 Å². The third kappa shape index (κ3) is 46.2. The van der Waals surface area contributed by atoms with Crippen molar-refractivity contribution in [2.45, 2.75) is 244 Å². The molecule has 3 unspecified atom stereocenters. The molecule has 0 aliphatic rings. The first kappa shape index (κ1) is 58.7. The molecule has 0 aromatic rings. The van der Waals surface area contributed by atoms with Crippen molar-refractivity contribution in [3.8, 4) is 0 Å². The Morgan fingerprint density at radius 1 is 0.517 bits per heavy atom. The number of hydrogen-bond acceptors (Lipinski definition) is 8. The van der Waals surface area contributed by atoms with Crippen LogP contribution in [0.5, 0.6) is 0 Å². The number of hydrogen-bond donors (Lipinski definition) is 3. The van der Waals surface area contributed by atoms with E-state index in [9.17, 15) is 19.4 Å². The Balaban J connectivity index is 4.08. The summed E-state index contributed by atoms with van der Waals surface area (Å²) in [5, 5.41) is 18.4. The van der Waals surface area contributed by atoms with Gasteiger partial charge in [0.25, 0.3) is 0 Å². The Bertz CT molecular complexity index is 1030. The molecule has 10 heteroatoms. The number of esters is 1. The molecule has 0 saturated carbocycles. The summed E-state index contributed by atoms with van der Waals surface area (Å²) in [6.45, 7) is 3.52. The van der Waals surface area contributed by atoms with Gasteiger partial charge in [0, 0.05) is 13.0 Å². The first-order valence-electron chi connectivity index (χ1n) is 25.0. The summed E-state index contributed by atoms with van der Waals surface area (Å²) in [6, 6.07) is 0. The van der Waals surface area contributed by atoms with E-state index in [1.54, 1.807) is 0 Å². The number of carbonyl (C=O) groups is 1. The molecule has 0 aliphatic carbocycles. The highest BCUT2D eigenvalue weighted by molar-refractivity contribution is 7.47. The topological polar surface area (TPSA) is 132 Å². The summed E-state index contributed by atoms with van der Waals surface area (Å²) in [6.07, 6.45) is 52.5. The minimum absolute atomic E-state index is 0.0470. The van der Waals surface area contributed by atoms with E-state index in [1.165, 1.54) is 154 Å². The molecular weight excluding hydrogens is 776 g/mol. The SMILES string of the molecule is CCCCCCC/C=C\C/C=C\CCCCCCCCCCCCOCC(COP(=O)(O)OCC(O)CO)OC(=O)CCCCCCCCC/C=C\CCCCCCCC. The maximum Gasteiger partial charge on any atom is 0.472 e. The highest BCUT2D eigenvalue weighted by Crippen LogP contribution is 2.43. The summed E-state index contributed by atoms with van der Waals surface area (Å²) in [5.74, 6) is -0.386. The molecule has 0 amide bonds. The zero-order valence-electron chi connectivity index (χ0n) is 38.9. The van der Waals surface area contributed by atoms with E-state index in [1.807, 2.05) is 0 Å². The molecule has 0 fully saturated rings. The Morgan fingerprint density at radius 2 is 0.900 bits per heavy atom. The highest BCUT2D eigenvalue weighted by atomic mass is 31.2. The molecule has 354 valence electrons. The fraction of sp³-hybridized carbons (Fsp3) is 0.860. The van der Waals surface area contributed by atoms with Gasteiger partial charge in [-0.05, 0) is 70.6 Å². The molecule has 0 aromatic heterocycles. The van der Waals surface area contributed by atoms with Gasteiger partial charge < -0.3 is 24.6 Å². The Kier molecular flexibility index (Phi) is 46.1. The summed E-state index contributed by atoms with van der Waals surface area (Å²) in [7, 11) is -4.52. The van der Waals surface area contributed by atoms with Gasteiger partial charge >= 0.3 is 13.8 Å². The van der Waals surface area contributed by atoms with Gasteiger partial charge in [-0.2, -0.15) is 0 Å². The summed E-state index contributed by atoms with van der Waals surface area (Å²) in [5.41, 5.74) is 0. The van der Waals surface area contributed by atoms with Gasteiger partial charge in [-0.25, -0.2) is 4.57 Å². The van der Waals surface area contributed by atoms with E-state index in [-0.39, 0.29) is 25.6 Å². The van der Waals surface area contributed by atoms with E-state index >= 15 is 0 Å². The minimum atomic E-state index is -4.52. The van der Waals surface area contributed by atoms with Crippen LogP contribution in [-0.2, 0) is 27.9 Å². The molecule has 0 rings (SSSR count). The smallest absolute Gasteiger partial charge is 0.457 e. The van der Waals surface area contributed by atoms with E-state index in [2.05, 4.69) is 50.3 Å². The average Bonchev–Trinajstić information content (AvgIpc) is 3.24. The molecule has 0 heterocycles. The molecule has 0 bridgehead atoms. The number of phosphoric ester groups is 1. The molecule has 0 radical (unpaired) electrons. The molecule has 3 N–H and O–H groups in total. The molecule has 0 spiro atoms. The maximum atomic E-state index is 12.7. The minimum Gasteiger partial charge on any atom is -0.457 e. The van der Waals surface area contributed by atoms with Crippen molar-refractivity contribution in [1.29, 1.82) is 0 Å². The lowest BCUT2D eigenvalue weighted by Crippen LogP contribution is -2.29. The molecule has 0 aliphatic heterocycles. The Morgan fingerprint density at radius 3 is 1.35 bits per heavy atom. The van der Waals surface area contributed by atoms with E-state index < -0.39 is 33.2 Å². The normalized spacial score (nSPS) is 14.2. The molecule has 3 atom stereocenters. The first-order valence-corrected chi connectivity index (χ1v) is 26.5. The van der Waals surface area contributed by atoms with Gasteiger partial charge in [-0.15, -0.1) is 0 Å². The molecule has 0 aromatic carbocycles.